The van der Waals surface area contributed by atoms with Gasteiger partial charge in [0.1, 0.15) is 12.3 Å². The molecule has 6 heteroatoms. The summed E-state index contributed by atoms with van der Waals surface area (Å²) in [6.07, 6.45) is 8.74. The van der Waals surface area contributed by atoms with E-state index < -0.39 is 5.67 Å². The van der Waals surface area contributed by atoms with E-state index in [0.717, 1.165) is 16.7 Å². The molecule has 0 saturated heterocycles. The number of carbonyl (C=O) groups excluding carboxylic acids is 1. The minimum Gasteiger partial charge on any atom is -0.473 e. The van der Waals surface area contributed by atoms with Crippen molar-refractivity contribution in [3.05, 3.63) is 72.1 Å². The molecule has 1 aromatic carbocycles. The molecular weight excluding hydrogens is 395 g/mol. The molecule has 0 unspecified atom stereocenters. The number of aromatic nitrogens is 1. The number of hydrogen-bond donors (Lipinski definition) is 0. The maximum absolute atomic E-state index is 14.6. The van der Waals surface area contributed by atoms with Gasteiger partial charge < -0.3 is 14.4 Å². The highest BCUT2D eigenvalue weighted by Crippen LogP contribution is 2.24. The van der Waals surface area contributed by atoms with Crippen LogP contribution in [0.2, 0.25) is 0 Å². The van der Waals surface area contributed by atoms with Crippen LogP contribution in [0.1, 0.15) is 37.0 Å². The third-order valence-corrected chi connectivity index (χ3v) is 5.60. The summed E-state index contributed by atoms with van der Waals surface area (Å²) in [6, 6.07) is 10.9. The topological polar surface area (TPSA) is 51.7 Å². The highest BCUT2D eigenvalue weighted by atomic mass is 19.1. The van der Waals surface area contributed by atoms with Crippen LogP contribution in [0.5, 0.6) is 5.88 Å². The van der Waals surface area contributed by atoms with Gasteiger partial charge in [0, 0.05) is 24.4 Å². The largest absolute Gasteiger partial charge is 0.473 e. The molecule has 0 amide bonds. The van der Waals surface area contributed by atoms with Gasteiger partial charge in [-0.3, -0.25) is 0 Å². The van der Waals surface area contributed by atoms with E-state index >= 15 is 0 Å². The van der Waals surface area contributed by atoms with E-state index in [-0.39, 0.29) is 5.97 Å². The Hall–Kier alpha value is -3.15. The lowest BCUT2D eigenvalue weighted by molar-refractivity contribution is 0.0600. The molecule has 31 heavy (non-hydrogen) atoms. The first-order chi connectivity index (χ1) is 15.0. The van der Waals surface area contributed by atoms with Gasteiger partial charge in [-0.25, -0.2) is 14.2 Å². The van der Waals surface area contributed by atoms with Crippen LogP contribution >= 0.6 is 0 Å². The zero-order valence-corrected chi connectivity index (χ0v) is 18.3. The molecule has 1 aliphatic heterocycles. The normalized spacial score (nSPS) is 13.7. The molecule has 0 fully saturated rings. The number of rotatable bonds is 9. The number of alkyl halides is 1. The van der Waals surface area contributed by atoms with E-state index in [9.17, 15) is 9.18 Å². The number of esters is 1. The van der Waals surface area contributed by atoms with E-state index in [1.165, 1.54) is 7.11 Å². The Morgan fingerprint density at radius 2 is 1.84 bits per heavy atom. The zero-order chi connectivity index (χ0) is 22.3. The summed E-state index contributed by atoms with van der Waals surface area (Å²) in [4.78, 5) is 17.9. The monoisotopic (exact) mass is 424 g/mol. The van der Waals surface area contributed by atoms with Gasteiger partial charge in [0.25, 0.3) is 0 Å². The zero-order valence-electron chi connectivity index (χ0n) is 18.3. The molecule has 2 aromatic rings. The van der Waals surface area contributed by atoms with E-state index in [4.69, 9.17) is 9.47 Å². The fraction of sp³-hybridized carbons (Fsp3) is 0.360. The average molecular weight is 425 g/mol. The molecule has 0 atom stereocenters. The fourth-order valence-electron chi connectivity index (χ4n) is 3.34. The van der Waals surface area contributed by atoms with Crippen molar-refractivity contribution in [3.8, 4) is 17.0 Å². The number of pyridine rings is 1. The van der Waals surface area contributed by atoms with Gasteiger partial charge >= 0.3 is 5.97 Å². The Morgan fingerprint density at radius 3 is 2.39 bits per heavy atom. The molecule has 0 bridgehead atoms. The molecule has 0 aliphatic carbocycles. The predicted octanol–water partition coefficient (Wildman–Crippen LogP) is 5.20. The van der Waals surface area contributed by atoms with Gasteiger partial charge in [0.2, 0.25) is 5.88 Å². The molecule has 0 radical (unpaired) electrons. The number of nitrogens with zero attached hydrogens (tertiary/aromatic N) is 2. The number of methoxy groups -OCH3 is 1. The van der Waals surface area contributed by atoms with Crippen LogP contribution in [-0.4, -0.2) is 48.3 Å². The van der Waals surface area contributed by atoms with Gasteiger partial charge in [-0.1, -0.05) is 32.1 Å². The Balaban J connectivity index is 1.52. The smallest absolute Gasteiger partial charge is 0.337 e. The predicted molar refractivity (Wildman–Crippen MR) is 120 cm³/mol. The minimum atomic E-state index is -1.14. The maximum atomic E-state index is 14.6. The number of benzene rings is 1. The first-order valence-electron chi connectivity index (χ1n) is 10.5. The maximum Gasteiger partial charge on any atom is 0.337 e. The Morgan fingerprint density at radius 1 is 1.13 bits per heavy atom. The minimum absolute atomic E-state index is 0.359. The number of halogens is 1. The average Bonchev–Trinajstić information content (AvgIpc) is 2.83. The van der Waals surface area contributed by atoms with Crippen molar-refractivity contribution in [1.82, 2.24) is 9.88 Å². The van der Waals surface area contributed by atoms with Crippen LogP contribution in [0.25, 0.3) is 11.1 Å². The number of carbonyl (C=O) groups is 1. The highest BCUT2D eigenvalue weighted by molar-refractivity contribution is 5.89. The molecule has 0 N–H and O–H groups in total. The summed E-state index contributed by atoms with van der Waals surface area (Å²) in [7, 11) is 1.36. The Bertz CT molecular complexity index is 932. The van der Waals surface area contributed by atoms with E-state index in [1.54, 1.807) is 18.3 Å². The van der Waals surface area contributed by atoms with Gasteiger partial charge in [0.05, 0.1) is 19.2 Å². The van der Waals surface area contributed by atoms with E-state index in [2.05, 4.69) is 11.1 Å². The summed E-state index contributed by atoms with van der Waals surface area (Å²) < 4.78 is 25.1. The summed E-state index contributed by atoms with van der Waals surface area (Å²) in [5.41, 5.74) is 2.29. The van der Waals surface area contributed by atoms with Crippen molar-refractivity contribution in [2.75, 3.05) is 26.8 Å². The molecule has 0 spiro atoms. The van der Waals surface area contributed by atoms with Crippen LogP contribution in [0, 0.1) is 0 Å². The molecule has 164 valence electrons. The SMILES string of the molecule is CCC(F)(CC)CN1C=CC(COc2ccc(-c3ccc(C(=O)OC)cc3)cn2)=CC1. The van der Waals surface area contributed by atoms with Crippen molar-refractivity contribution < 1.29 is 18.7 Å². The van der Waals surface area contributed by atoms with Gasteiger partial charge in [-0.15, -0.1) is 0 Å². The van der Waals surface area contributed by atoms with Crippen molar-refractivity contribution in [2.45, 2.75) is 32.4 Å². The molecule has 1 aromatic heterocycles. The summed E-state index contributed by atoms with van der Waals surface area (Å²) in [5, 5.41) is 0. The lowest BCUT2D eigenvalue weighted by Crippen LogP contribution is -2.37. The van der Waals surface area contributed by atoms with Crippen molar-refractivity contribution >= 4 is 5.97 Å². The summed E-state index contributed by atoms with van der Waals surface area (Å²) in [5.74, 6) is 0.175. The van der Waals surface area contributed by atoms with Crippen molar-refractivity contribution in [2.24, 2.45) is 0 Å². The number of ether oxygens (including phenoxy) is 2. The fourth-order valence-corrected chi connectivity index (χ4v) is 3.34. The Kier molecular flexibility index (Phi) is 7.45. The quantitative estimate of drug-likeness (QED) is 0.518. The third kappa shape index (κ3) is 5.94. The lowest BCUT2D eigenvalue weighted by atomic mass is 9.98. The Labute approximate surface area is 183 Å². The summed E-state index contributed by atoms with van der Waals surface area (Å²) in [6.45, 7) is 5.27. The molecule has 2 heterocycles. The van der Waals surface area contributed by atoms with Crippen LogP contribution < -0.4 is 4.74 Å². The van der Waals surface area contributed by atoms with Crippen LogP contribution in [0.3, 0.4) is 0 Å². The number of hydrogen-bond acceptors (Lipinski definition) is 5. The molecule has 5 nitrogen and oxygen atoms in total. The van der Waals surface area contributed by atoms with E-state index in [1.807, 2.05) is 55.3 Å². The second-order valence-electron chi connectivity index (χ2n) is 7.62. The van der Waals surface area contributed by atoms with Crippen LogP contribution in [0.15, 0.2) is 66.5 Å². The second-order valence-corrected chi connectivity index (χ2v) is 7.62. The molecular formula is C25H29FN2O3. The van der Waals surface area contributed by atoms with Gasteiger partial charge in [0.15, 0.2) is 0 Å². The summed E-state index contributed by atoms with van der Waals surface area (Å²) >= 11 is 0. The first kappa shape index (κ1) is 22.5. The third-order valence-electron chi connectivity index (χ3n) is 5.60. The highest BCUT2D eigenvalue weighted by Gasteiger charge is 2.27. The van der Waals surface area contributed by atoms with Crippen molar-refractivity contribution in [3.63, 3.8) is 0 Å². The van der Waals surface area contributed by atoms with Crippen LogP contribution in [0.4, 0.5) is 4.39 Å². The van der Waals surface area contributed by atoms with Gasteiger partial charge in [-0.2, -0.15) is 0 Å². The van der Waals surface area contributed by atoms with Crippen LogP contribution in [-0.2, 0) is 4.74 Å². The lowest BCUT2D eigenvalue weighted by Gasteiger charge is -2.31. The first-order valence-corrected chi connectivity index (χ1v) is 10.5. The van der Waals surface area contributed by atoms with Gasteiger partial charge in [-0.05, 0) is 54.5 Å². The van der Waals surface area contributed by atoms with Crippen molar-refractivity contribution in [1.29, 1.82) is 0 Å². The molecule has 1 aliphatic rings. The van der Waals surface area contributed by atoms with E-state index in [0.29, 0.717) is 44.0 Å². The second kappa shape index (κ2) is 10.2. The molecule has 0 saturated carbocycles. The molecule has 3 rings (SSSR count). The standard InChI is InChI=1S/C25H29FN2O3/c1-4-25(26,5-2)18-28-14-12-19(13-15-28)17-31-23-11-10-22(16-27-23)20-6-8-21(9-7-20)24(29)30-3/h6-14,16H,4-5,15,17-18H2,1-3H3.